The Bertz CT molecular complexity index is 386. The molecule has 1 aliphatic heterocycles. The van der Waals surface area contributed by atoms with E-state index in [9.17, 15) is 13.2 Å². The lowest BCUT2D eigenvalue weighted by atomic mass is 10.1. The van der Waals surface area contributed by atoms with Gasteiger partial charge in [-0.25, -0.2) is 0 Å². The molecule has 1 N–H and O–H groups in total. The lowest BCUT2D eigenvalue weighted by Gasteiger charge is -2.31. The predicted molar refractivity (Wildman–Crippen MR) is 64.2 cm³/mol. The highest BCUT2D eigenvalue weighted by molar-refractivity contribution is 5.24. The van der Waals surface area contributed by atoms with Crippen LogP contribution < -0.4 is 5.32 Å². The summed E-state index contributed by atoms with van der Waals surface area (Å²) in [7, 11) is 0. The summed E-state index contributed by atoms with van der Waals surface area (Å²) in [6.07, 6.45) is -4.25. The summed E-state index contributed by atoms with van der Waals surface area (Å²) in [6, 6.07) is 5.88. The van der Waals surface area contributed by atoms with Crippen LogP contribution >= 0.6 is 0 Å². The molecule has 2 nitrogen and oxygen atoms in total. The second-order valence-corrected chi connectivity index (χ2v) is 4.78. The largest absolute Gasteiger partial charge is 0.416 e. The number of rotatable bonds is 2. The zero-order valence-corrected chi connectivity index (χ0v) is 10.3. The molecule has 0 aliphatic carbocycles. The molecule has 1 heterocycles. The molecule has 0 amide bonds. The van der Waals surface area contributed by atoms with E-state index >= 15 is 0 Å². The quantitative estimate of drug-likeness (QED) is 0.876. The van der Waals surface area contributed by atoms with Crippen molar-refractivity contribution < 1.29 is 13.2 Å². The first-order valence-electron chi connectivity index (χ1n) is 6.07. The van der Waals surface area contributed by atoms with Crippen molar-refractivity contribution in [3.8, 4) is 0 Å². The van der Waals surface area contributed by atoms with Crippen LogP contribution in [0.4, 0.5) is 13.2 Å². The molecule has 2 rings (SSSR count). The molecule has 5 heteroatoms. The average Bonchev–Trinajstić information content (AvgIpc) is 2.28. The molecule has 1 aromatic rings. The van der Waals surface area contributed by atoms with Gasteiger partial charge in [0.2, 0.25) is 0 Å². The minimum atomic E-state index is -4.25. The fourth-order valence-electron chi connectivity index (χ4n) is 2.21. The molecule has 1 atom stereocenters. The Hall–Kier alpha value is -1.07. The second kappa shape index (κ2) is 5.28. The van der Waals surface area contributed by atoms with Gasteiger partial charge in [0.1, 0.15) is 0 Å². The zero-order valence-electron chi connectivity index (χ0n) is 10.3. The molecule has 1 aromatic carbocycles. The lowest BCUT2D eigenvalue weighted by molar-refractivity contribution is -0.137. The molecule has 18 heavy (non-hydrogen) atoms. The molecule has 0 bridgehead atoms. The van der Waals surface area contributed by atoms with Crippen molar-refractivity contribution in [3.63, 3.8) is 0 Å². The van der Waals surface area contributed by atoms with Gasteiger partial charge in [0.25, 0.3) is 0 Å². The van der Waals surface area contributed by atoms with Crippen molar-refractivity contribution in [2.24, 2.45) is 0 Å². The third kappa shape index (κ3) is 3.46. The van der Waals surface area contributed by atoms with Gasteiger partial charge >= 0.3 is 6.18 Å². The number of piperazine rings is 1. The molecule has 1 unspecified atom stereocenters. The van der Waals surface area contributed by atoms with Crippen molar-refractivity contribution in [2.75, 3.05) is 19.6 Å². The van der Waals surface area contributed by atoms with Crippen molar-refractivity contribution in [3.05, 3.63) is 35.4 Å². The SMILES string of the molecule is CC1CN(Cc2ccc(C(F)(F)F)cc2)CCN1. The predicted octanol–water partition coefficient (Wildman–Crippen LogP) is 2.50. The Morgan fingerprint density at radius 2 is 1.94 bits per heavy atom. The number of alkyl halides is 3. The molecule has 1 aliphatic rings. The van der Waals surface area contributed by atoms with Crippen LogP contribution in [-0.2, 0) is 12.7 Å². The molecule has 0 radical (unpaired) electrons. The van der Waals surface area contributed by atoms with Crippen LogP contribution in [0.2, 0.25) is 0 Å². The summed E-state index contributed by atoms with van der Waals surface area (Å²) < 4.78 is 37.2. The van der Waals surface area contributed by atoms with E-state index in [1.165, 1.54) is 0 Å². The van der Waals surface area contributed by atoms with E-state index in [0.717, 1.165) is 37.3 Å². The maximum Gasteiger partial charge on any atom is 0.416 e. The van der Waals surface area contributed by atoms with Crippen molar-refractivity contribution >= 4 is 0 Å². The van der Waals surface area contributed by atoms with Gasteiger partial charge in [-0.3, -0.25) is 4.90 Å². The first-order chi connectivity index (χ1) is 8.45. The van der Waals surface area contributed by atoms with Gasteiger partial charge in [0, 0.05) is 32.2 Å². The van der Waals surface area contributed by atoms with Gasteiger partial charge in [-0.05, 0) is 24.6 Å². The summed E-state index contributed by atoms with van der Waals surface area (Å²) in [5, 5.41) is 3.34. The Morgan fingerprint density at radius 3 is 2.50 bits per heavy atom. The highest BCUT2D eigenvalue weighted by atomic mass is 19.4. The molecule has 1 saturated heterocycles. The summed E-state index contributed by atoms with van der Waals surface area (Å²) in [6.45, 7) is 5.62. The Morgan fingerprint density at radius 1 is 1.28 bits per heavy atom. The van der Waals surface area contributed by atoms with Gasteiger partial charge in [-0.2, -0.15) is 13.2 Å². The van der Waals surface area contributed by atoms with Crippen LogP contribution in [0.25, 0.3) is 0 Å². The number of hydrogen-bond acceptors (Lipinski definition) is 2. The Labute approximate surface area is 105 Å². The van der Waals surface area contributed by atoms with Gasteiger partial charge in [0.05, 0.1) is 5.56 Å². The molecule has 0 aromatic heterocycles. The summed E-state index contributed by atoms with van der Waals surface area (Å²) >= 11 is 0. The van der Waals surface area contributed by atoms with Crippen LogP contribution in [-0.4, -0.2) is 30.6 Å². The smallest absolute Gasteiger partial charge is 0.312 e. The van der Waals surface area contributed by atoms with Gasteiger partial charge in [-0.15, -0.1) is 0 Å². The molecular formula is C13H17F3N2. The van der Waals surface area contributed by atoms with Crippen molar-refractivity contribution in [1.29, 1.82) is 0 Å². The first-order valence-corrected chi connectivity index (χ1v) is 6.07. The summed E-state index contributed by atoms with van der Waals surface area (Å²) in [5.74, 6) is 0. The van der Waals surface area contributed by atoms with E-state index < -0.39 is 11.7 Å². The topological polar surface area (TPSA) is 15.3 Å². The number of benzene rings is 1. The molecule has 1 fully saturated rings. The third-order valence-electron chi connectivity index (χ3n) is 3.14. The minimum absolute atomic E-state index is 0.438. The Kier molecular flexibility index (Phi) is 3.92. The van der Waals surface area contributed by atoms with E-state index in [4.69, 9.17) is 0 Å². The molecular weight excluding hydrogens is 241 g/mol. The van der Waals surface area contributed by atoms with Crippen LogP contribution in [0.5, 0.6) is 0 Å². The van der Waals surface area contributed by atoms with Crippen LogP contribution in [0, 0.1) is 0 Å². The molecule has 0 saturated carbocycles. The van der Waals surface area contributed by atoms with Crippen LogP contribution in [0.3, 0.4) is 0 Å². The number of nitrogens with one attached hydrogen (secondary N) is 1. The molecule has 0 spiro atoms. The Balaban J connectivity index is 1.98. The monoisotopic (exact) mass is 258 g/mol. The van der Waals surface area contributed by atoms with E-state index in [-0.39, 0.29) is 0 Å². The normalized spacial score (nSPS) is 22.1. The van der Waals surface area contributed by atoms with E-state index in [1.807, 2.05) is 0 Å². The number of nitrogens with zero attached hydrogens (tertiary/aromatic N) is 1. The van der Waals surface area contributed by atoms with Gasteiger partial charge in [0.15, 0.2) is 0 Å². The summed E-state index contributed by atoms with van der Waals surface area (Å²) in [5.41, 5.74) is 0.344. The van der Waals surface area contributed by atoms with Crippen LogP contribution in [0.15, 0.2) is 24.3 Å². The zero-order chi connectivity index (χ0) is 13.2. The fourth-order valence-corrected chi connectivity index (χ4v) is 2.21. The van der Waals surface area contributed by atoms with E-state index in [1.54, 1.807) is 12.1 Å². The van der Waals surface area contributed by atoms with Crippen LogP contribution in [0.1, 0.15) is 18.1 Å². The fraction of sp³-hybridized carbons (Fsp3) is 0.538. The highest BCUT2D eigenvalue weighted by Gasteiger charge is 2.30. The maximum atomic E-state index is 12.4. The number of hydrogen-bond donors (Lipinski definition) is 1. The van der Waals surface area contributed by atoms with E-state index in [2.05, 4.69) is 17.1 Å². The summed E-state index contributed by atoms with van der Waals surface area (Å²) in [4.78, 5) is 2.25. The minimum Gasteiger partial charge on any atom is -0.312 e. The van der Waals surface area contributed by atoms with Gasteiger partial charge in [-0.1, -0.05) is 12.1 Å². The van der Waals surface area contributed by atoms with Gasteiger partial charge < -0.3 is 5.32 Å². The third-order valence-corrected chi connectivity index (χ3v) is 3.14. The second-order valence-electron chi connectivity index (χ2n) is 4.78. The number of halogens is 3. The standard InChI is InChI=1S/C13H17F3N2/c1-10-8-18(7-6-17-10)9-11-2-4-12(5-3-11)13(14,15)16/h2-5,10,17H,6-9H2,1H3. The maximum absolute atomic E-state index is 12.4. The van der Waals surface area contributed by atoms with E-state index in [0.29, 0.717) is 12.6 Å². The molecule has 100 valence electrons. The lowest BCUT2D eigenvalue weighted by Crippen LogP contribution is -2.48. The highest BCUT2D eigenvalue weighted by Crippen LogP contribution is 2.29. The van der Waals surface area contributed by atoms with Crippen molar-refractivity contribution in [2.45, 2.75) is 25.7 Å². The average molecular weight is 258 g/mol. The van der Waals surface area contributed by atoms with Crippen molar-refractivity contribution in [1.82, 2.24) is 10.2 Å². The first kappa shape index (κ1) is 13.4.